The fourth-order valence-corrected chi connectivity index (χ4v) is 2.03. The van der Waals surface area contributed by atoms with Gasteiger partial charge in [-0.2, -0.15) is 0 Å². The van der Waals surface area contributed by atoms with E-state index in [-0.39, 0.29) is 6.04 Å². The average molecular weight is 228 g/mol. The summed E-state index contributed by atoms with van der Waals surface area (Å²) in [5, 5.41) is 3.08. The maximum Gasteiger partial charge on any atom is 0.185 e. The Morgan fingerprint density at radius 3 is 2.53 bits per heavy atom. The molecular weight excluding hydrogens is 208 g/mol. The van der Waals surface area contributed by atoms with Crippen molar-refractivity contribution < 1.29 is 0 Å². The first-order chi connectivity index (χ1) is 7.00. The molecule has 0 aliphatic rings. The molecule has 1 aromatic heterocycles. The van der Waals surface area contributed by atoms with E-state index >= 15 is 0 Å². The van der Waals surface area contributed by atoms with Crippen molar-refractivity contribution in [3.05, 3.63) is 11.1 Å². The van der Waals surface area contributed by atoms with Gasteiger partial charge in [0.15, 0.2) is 5.13 Å². The molecule has 0 bridgehead atoms. The molecule has 0 aromatic carbocycles. The van der Waals surface area contributed by atoms with Crippen molar-refractivity contribution in [2.45, 2.75) is 13.0 Å². The highest BCUT2D eigenvalue weighted by molar-refractivity contribution is 7.13. The van der Waals surface area contributed by atoms with E-state index in [0.717, 1.165) is 23.9 Å². The van der Waals surface area contributed by atoms with E-state index in [9.17, 15) is 0 Å². The van der Waals surface area contributed by atoms with Crippen molar-refractivity contribution >= 4 is 16.5 Å². The topological polar surface area (TPSA) is 45.4 Å². The molecule has 0 radical (unpaired) electrons. The Labute approximate surface area is 95.7 Å². The first-order valence-corrected chi connectivity index (χ1v) is 5.95. The number of aromatic nitrogens is 1. The van der Waals surface area contributed by atoms with Crippen LogP contribution < -0.4 is 10.6 Å². The van der Waals surface area contributed by atoms with Gasteiger partial charge >= 0.3 is 0 Å². The van der Waals surface area contributed by atoms with Crippen LogP contribution in [0.1, 0.15) is 18.7 Å². The quantitative estimate of drug-likeness (QED) is 0.821. The number of hydrogen-bond acceptors (Lipinski definition) is 5. The van der Waals surface area contributed by atoms with E-state index in [0.29, 0.717) is 0 Å². The fourth-order valence-electron chi connectivity index (χ4n) is 1.11. The molecule has 1 rings (SSSR count). The van der Waals surface area contributed by atoms with Crippen LogP contribution in [0.2, 0.25) is 0 Å². The van der Waals surface area contributed by atoms with Crippen molar-refractivity contribution in [3.63, 3.8) is 0 Å². The lowest BCUT2D eigenvalue weighted by atomic mass is 10.3. The lowest BCUT2D eigenvalue weighted by Gasteiger charge is -2.18. The highest BCUT2D eigenvalue weighted by atomic mass is 32.1. The highest BCUT2D eigenvalue weighted by Crippen LogP contribution is 2.21. The third-order valence-corrected chi connectivity index (χ3v) is 3.16. The zero-order valence-electron chi connectivity index (χ0n) is 9.90. The molecule has 1 atom stereocenters. The number of rotatable bonds is 5. The fraction of sp³-hybridized carbons (Fsp3) is 0.700. The summed E-state index contributed by atoms with van der Waals surface area (Å²) in [6.07, 6.45) is 0. The Balaban J connectivity index is 2.54. The van der Waals surface area contributed by atoms with Crippen LogP contribution in [-0.2, 0) is 0 Å². The van der Waals surface area contributed by atoms with Crippen LogP contribution in [0.5, 0.6) is 0 Å². The molecule has 0 saturated heterocycles. The van der Waals surface area contributed by atoms with Crippen LogP contribution in [0.3, 0.4) is 0 Å². The summed E-state index contributed by atoms with van der Waals surface area (Å²) in [6.45, 7) is 3.97. The minimum Gasteiger partial charge on any atom is -0.350 e. The predicted molar refractivity (Wildman–Crippen MR) is 66.5 cm³/mol. The maximum absolute atomic E-state index is 5.77. The van der Waals surface area contributed by atoms with Gasteiger partial charge in [-0.1, -0.05) is 0 Å². The first kappa shape index (κ1) is 12.4. The second kappa shape index (κ2) is 5.44. The summed E-state index contributed by atoms with van der Waals surface area (Å²) in [6, 6.07) is 0.0252. The van der Waals surface area contributed by atoms with Crippen LogP contribution in [0.15, 0.2) is 5.38 Å². The first-order valence-electron chi connectivity index (χ1n) is 5.07. The Kier molecular flexibility index (Phi) is 4.50. The van der Waals surface area contributed by atoms with Crippen LogP contribution in [-0.4, -0.2) is 44.1 Å². The van der Waals surface area contributed by atoms with Gasteiger partial charge in [0.05, 0.1) is 5.69 Å². The smallest absolute Gasteiger partial charge is 0.185 e. The highest BCUT2D eigenvalue weighted by Gasteiger charge is 2.09. The van der Waals surface area contributed by atoms with Gasteiger partial charge in [0.2, 0.25) is 0 Å². The lowest BCUT2D eigenvalue weighted by Crippen LogP contribution is -2.28. The van der Waals surface area contributed by atoms with Gasteiger partial charge in [-0.05, 0) is 21.0 Å². The Hall–Kier alpha value is -0.650. The number of anilines is 1. The molecule has 1 heterocycles. The maximum atomic E-state index is 5.77. The largest absolute Gasteiger partial charge is 0.350 e. The number of nitrogens with zero attached hydrogens (tertiary/aromatic N) is 3. The number of nitrogens with two attached hydrogens (primary N) is 1. The third kappa shape index (κ3) is 3.77. The van der Waals surface area contributed by atoms with Gasteiger partial charge in [-0.15, -0.1) is 11.3 Å². The number of thiazole rings is 1. The van der Waals surface area contributed by atoms with Crippen molar-refractivity contribution in [2.24, 2.45) is 5.73 Å². The van der Waals surface area contributed by atoms with E-state index in [1.54, 1.807) is 11.3 Å². The molecule has 4 nitrogen and oxygen atoms in total. The molecule has 1 aromatic rings. The van der Waals surface area contributed by atoms with Crippen molar-refractivity contribution in [1.82, 2.24) is 9.88 Å². The van der Waals surface area contributed by atoms with Crippen LogP contribution in [0, 0.1) is 0 Å². The lowest BCUT2D eigenvalue weighted by molar-refractivity contribution is 0.416. The van der Waals surface area contributed by atoms with E-state index in [1.807, 2.05) is 12.3 Å². The minimum absolute atomic E-state index is 0.0252. The Morgan fingerprint density at radius 1 is 1.40 bits per heavy atom. The summed E-state index contributed by atoms with van der Waals surface area (Å²) in [4.78, 5) is 8.82. The molecule has 15 heavy (non-hydrogen) atoms. The molecule has 0 amide bonds. The normalized spacial score (nSPS) is 13.2. The molecule has 0 saturated carbocycles. The second-order valence-corrected chi connectivity index (χ2v) is 4.91. The Bertz CT molecular complexity index is 295. The summed E-state index contributed by atoms with van der Waals surface area (Å²) < 4.78 is 0. The average Bonchev–Trinajstić information content (AvgIpc) is 2.62. The minimum atomic E-state index is 0.0252. The van der Waals surface area contributed by atoms with Crippen molar-refractivity contribution in [1.29, 1.82) is 0 Å². The van der Waals surface area contributed by atoms with Crippen LogP contribution >= 0.6 is 11.3 Å². The van der Waals surface area contributed by atoms with E-state index in [4.69, 9.17) is 5.73 Å². The van der Waals surface area contributed by atoms with Gasteiger partial charge in [-0.3, -0.25) is 0 Å². The Morgan fingerprint density at radius 2 is 2.07 bits per heavy atom. The van der Waals surface area contributed by atoms with E-state index in [2.05, 4.69) is 35.9 Å². The van der Waals surface area contributed by atoms with E-state index in [1.165, 1.54) is 0 Å². The molecule has 0 aliphatic heterocycles. The van der Waals surface area contributed by atoms with Gasteiger partial charge < -0.3 is 15.5 Å². The second-order valence-electron chi connectivity index (χ2n) is 4.07. The SMILES string of the molecule is C[C@H](N)c1csc(N(C)CCN(C)C)n1. The number of likely N-dealkylation sites (N-methyl/N-ethyl adjacent to an activating group) is 2. The predicted octanol–water partition coefficient (Wildman–Crippen LogP) is 1.16. The monoisotopic (exact) mass is 228 g/mol. The molecule has 5 heteroatoms. The zero-order valence-corrected chi connectivity index (χ0v) is 10.7. The molecule has 0 unspecified atom stereocenters. The summed E-state index contributed by atoms with van der Waals surface area (Å²) >= 11 is 1.65. The molecule has 86 valence electrons. The van der Waals surface area contributed by atoms with Gasteiger partial charge in [-0.25, -0.2) is 4.98 Å². The van der Waals surface area contributed by atoms with Gasteiger partial charge in [0, 0.05) is 31.6 Å². The summed E-state index contributed by atoms with van der Waals surface area (Å²) in [5.41, 5.74) is 6.75. The molecule has 0 fully saturated rings. The van der Waals surface area contributed by atoms with Crippen molar-refractivity contribution in [2.75, 3.05) is 39.1 Å². The van der Waals surface area contributed by atoms with Gasteiger partial charge in [0.1, 0.15) is 0 Å². The third-order valence-electron chi connectivity index (χ3n) is 2.19. The van der Waals surface area contributed by atoms with Crippen molar-refractivity contribution in [3.8, 4) is 0 Å². The standard InChI is InChI=1S/C10H20N4S/c1-8(11)9-7-15-10(12-9)14(4)6-5-13(2)3/h7-8H,5-6,11H2,1-4H3/t8-/m0/s1. The summed E-state index contributed by atoms with van der Waals surface area (Å²) in [7, 11) is 6.21. The van der Waals surface area contributed by atoms with Crippen LogP contribution in [0.25, 0.3) is 0 Å². The zero-order chi connectivity index (χ0) is 11.4. The molecule has 0 aliphatic carbocycles. The molecule has 2 N–H and O–H groups in total. The molecule has 0 spiro atoms. The molecular formula is C10H20N4S. The van der Waals surface area contributed by atoms with Gasteiger partial charge in [0.25, 0.3) is 0 Å². The number of hydrogen-bond donors (Lipinski definition) is 1. The van der Waals surface area contributed by atoms with E-state index < -0.39 is 0 Å². The van der Waals surface area contributed by atoms with Crippen LogP contribution in [0.4, 0.5) is 5.13 Å². The summed E-state index contributed by atoms with van der Waals surface area (Å²) in [5.74, 6) is 0.